The second kappa shape index (κ2) is 5.73. The molecule has 88 valence electrons. The van der Waals surface area contributed by atoms with Crippen molar-refractivity contribution in [3.63, 3.8) is 0 Å². The van der Waals surface area contributed by atoms with Gasteiger partial charge in [0.25, 0.3) is 0 Å². The van der Waals surface area contributed by atoms with Crippen LogP contribution in [0.2, 0.25) is 0 Å². The van der Waals surface area contributed by atoms with Gasteiger partial charge in [-0.2, -0.15) is 0 Å². The van der Waals surface area contributed by atoms with Crippen LogP contribution in [0.5, 0.6) is 0 Å². The lowest BCUT2D eigenvalue weighted by atomic mass is 9.97. The zero-order chi connectivity index (χ0) is 12.1. The summed E-state index contributed by atoms with van der Waals surface area (Å²) in [6.07, 6.45) is 0.607. The molecule has 0 spiro atoms. The van der Waals surface area contributed by atoms with Gasteiger partial charge in [-0.15, -0.1) is 0 Å². The molecule has 0 saturated carbocycles. The van der Waals surface area contributed by atoms with Gasteiger partial charge >= 0.3 is 0 Å². The Kier molecular flexibility index (Phi) is 5.33. The van der Waals surface area contributed by atoms with Crippen LogP contribution in [0.25, 0.3) is 0 Å². The van der Waals surface area contributed by atoms with Crippen LogP contribution < -0.4 is 10.6 Å². The van der Waals surface area contributed by atoms with E-state index in [1.807, 2.05) is 27.7 Å². The van der Waals surface area contributed by atoms with E-state index in [-0.39, 0.29) is 17.2 Å². The molecule has 2 N–H and O–H groups in total. The van der Waals surface area contributed by atoms with Crippen LogP contribution in [-0.2, 0) is 9.59 Å². The quantitative estimate of drug-likeness (QED) is 0.735. The maximum atomic E-state index is 11.6. The first-order valence-corrected chi connectivity index (χ1v) is 5.31. The Morgan fingerprint density at radius 2 is 1.80 bits per heavy atom. The summed E-state index contributed by atoms with van der Waals surface area (Å²) in [6, 6.07) is -0.412. The molecule has 4 heteroatoms. The van der Waals surface area contributed by atoms with Crippen molar-refractivity contribution in [3.8, 4) is 0 Å². The van der Waals surface area contributed by atoms with E-state index in [0.29, 0.717) is 13.0 Å². The second-order valence-electron chi connectivity index (χ2n) is 4.94. The minimum Gasteiger partial charge on any atom is -0.354 e. The lowest BCUT2D eigenvalue weighted by Crippen LogP contribution is -2.47. The van der Waals surface area contributed by atoms with Gasteiger partial charge in [0.15, 0.2) is 0 Å². The zero-order valence-corrected chi connectivity index (χ0v) is 10.3. The molecule has 0 fully saturated rings. The highest BCUT2D eigenvalue weighted by atomic mass is 16.2. The number of nitrogens with one attached hydrogen (secondary N) is 2. The summed E-state index contributed by atoms with van der Waals surface area (Å²) in [5.41, 5.74) is 0.0597. The van der Waals surface area contributed by atoms with Crippen molar-refractivity contribution in [2.75, 3.05) is 6.54 Å². The third-order valence-corrected chi connectivity index (χ3v) is 1.90. The van der Waals surface area contributed by atoms with Gasteiger partial charge in [-0.1, -0.05) is 27.7 Å². The number of hydrogen-bond donors (Lipinski definition) is 2. The summed E-state index contributed by atoms with van der Waals surface area (Å²) in [6.45, 7) is 10.0. The van der Waals surface area contributed by atoms with E-state index in [1.54, 1.807) is 0 Å². The van der Waals surface area contributed by atoms with Crippen LogP contribution in [0.3, 0.4) is 0 Å². The lowest BCUT2D eigenvalue weighted by Gasteiger charge is -2.21. The Morgan fingerprint density at radius 3 is 2.13 bits per heavy atom. The molecule has 1 atom stereocenters. The highest BCUT2D eigenvalue weighted by Crippen LogP contribution is 2.10. The van der Waals surface area contributed by atoms with Crippen LogP contribution >= 0.6 is 0 Å². The number of rotatable bonds is 4. The molecule has 0 radical (unpaired) electrons. The fraction of sp³-hybridized carbons (Fsp3) is 0.818. The first-order valence-electron chi connectivity index (χ1n) is 5.31. The van der Waals surface area contributed by atoms with Crippen molar-refractivity contribution in [3.05, 3.63) is 0 Å². The Labute approximate surface area is 91.8 Å². The number of carbonyl (C=O) groups is 2. The molecule has 2 amide bonds. The van der Waals surface area contributed by atoms with Crippen molar-refractivity contribution in [1.29, 1.82) is 0 Å². The average Bonchev–Trinajstić information content (AvgIpc) is 2.08. The summed E-state index contributed by atoms with van der Waals surface area (Å²) in [4.78, 5) is 22.5. The van der Waals surface area contributed by atoms with Crippen molar-refractivity contribution < 1.29 is 9.59 Å². The van der Waals surface area contributed by atoms with E-state index in [0.717, 1.165) is 0 Å². The van der Waals surface area contributed by atoms with E-state index >= 15 is 0 Å². The number of amides is 2. The molecule has 0 rings (SSSR count). The second-order valence-corrected chi connectivity index (χ2v) is 4.94. The monoisotopic (exact) mass is 214 g/mol. The zero-order valence-electron chi connectivity index (χ0n) is 10.3. The Morgan fingerprint density at radius 1 is 1.27 bits per heavy atom. The molecule has 0 aromatic heterocycles. The molecular weight excluding hydrogens is 192 g/mol. The predicted octanol–water partition coefficient (Wildman–Crippen LogP) is 1.06. The van der Waals surface area contributed by atoms with E-state index in [9.17, 15) is 9.59 Å². The maximum absolute atomic E-state index is 11.6. The van der Waals surface area contributed by atoms with Gasteiger partial charge in [0.05, 0.1) is 0 Å². The fourth-order valence-electron chi connectivity index (χ4n) is 1.07. The van der Waals surface area contributed by atoms with Crippen LogP contribution in [0.15, 0.2) is 0 Å². The Hall–Kier alpha value is -1.06. The molecular formula is C11H22N2O2. The van der Waals surface area contributed by atoms with Crippen LogP contribution in [-0.4, -0.2) is 24.4 Å². The predicted molar refractivity (Wildman–Crippen MR) is 60.4 cm³/mol. The van der Waals surface area contributed by atoms with Gasteiger partial charge in [-0.05, 0) is 11.8 Å². The SMILES string of the molecule is CCC(NC(C)=O)C(=O)NCC(C)(C)C. The lowest BCUT2D eigenvalue weighted by molar-refractivity contribution is -0.128. The van der Waals surface area contributed by atoms with E-state index in [2.05, 4.69) is 10.6 Å². The van der Waals surface area contributed by atoms with E-state index in [4.69, 9.17) is 0 Å². The number of carbonyl (C=O) groups excluding carboxylic acids is 2. The minimum atomic E-state index is -0.412. The Bertz CT molecular complexity index is 231. The molecule has 0 aromatic carbocycles. The molecule has 0 heterocycles. The maximum Gasteiger partial charge on any atom is 0.242 e. The van der Waals surface area contributed by atoms with Gasteiger partial charge in [-0.3, -0.25) is 9.59 Å². The van der Waals surface area contributed by atoms with Gasteiger partial charge in [0, 0.05) is 13.5 Å². The van der Waals surface area contributed by atoms with Gasteiger partial charge < -0.3 is 10.6 Å². The highest BCUT2D eigenvalue weighted by Gasteiger charge is 2.19. The summed E-state index contributed by atoms with van der Waals surface area (Å²) >= 11 is 0. The van der Waals surface area contributed by atoms with Crippen molar-refractivity contribution in [1.82, 2.24) is 10.6 Å². The first kappa shape index (κ1) is 13.9. The highest BCUT2D eigenvalue weighted by molar-refractivity contribution is 5.86. The molecule has 0 aliphatic heterocycles. The molecule has 1 unspecified atom stereocenters. The molecule has 0 saturated heterocycles. The molecule has 0 bridgehead atoms. The third kappa shape index (κ3) is 6.94. The summed E-state index contributed by atoms with van der Waals surface area (Å²) in [7, 11) is 0. The average molecular weight is 214 g/mol. The normalized spacial score (nSPS) is 13.1. The van der Waals surface area contributed by atoms with Crippen LogP contribution in [0.4, 0.5) is 0 Å². The molecule has 0 aromatic rings. The minimum absolute atomic E-state index is 0.0597. The van der Waals surface area contributed by atoms with Crippen LogP contribution in [0.1, 0.15) is 41.0 Å². The van der Waals surface area contributed by atoms with E-state index < -0.39 is 6.04 Å². The summed E-state index contributed by atoms with van der Waals surface area (Å²) in [5, 5.41) is 5.44. The Balaban J connectivity index is 4.11. The van der Waals surface area contributed by atoms with Crippen LogP contribution in [0, 0.1) is 5.41 Å². The van der Waals surface area contributed by atoms with Gasteiger partial charge in [0.1, 0.15) is 6.04 Å². The third-order valence-electron chi connectivity index (χ3n) is 1.90. The smallest absolute Gasteiger partial charge is 0.242 e. The van der Waals surface area contributed by atoms with E-state index in [1.165, 1.54) is 6.92 Å². The molecule has 0 aliphatic carbocycles. The summed E-state index contributed by atoms with van der Waals surface area (Å²) < 4.78 is 0. The van der Waals surface area contributed by atoms with Gasteiger partial charge in [0.2, 0.25) is 11.8 Å². The molecule has 0 aliphatic rings. The molecule has 4 nitrogen and oxygen atoms in total. The largest absolute Gasteiger partial charge is 0.354 e. The standard InChI is InChI=1S/C11H22N2O2/c1-6-9(13-8(2)14)10(15)12-7-11(3,4)5/h9H,6-7H2,1-5H3,(H,12,15)(H,13,14). The van der Waals surface area contributed by atoms with Crippen molar-refractivity contribution in [2.45, 2.75) is 47.1 Å². The van der Waals surface area contributed by atoms with Gasteiger partial charge in [-0.25, -0.2) is 0 Å². The van der Waals surface area contributed by atoms with Crippen molar-refractivity contribution in [2.24, 2.45) is 5.41 Å². The number of hydrogen-bond acceptors (Lipinski definition) is 2. The fourth-order valence-corrected chi connectivity index (χ4v) is 1.07. The molecule has 15 heavy (non-hydrogen) atoms. The summed E-state index contributed by atoms with van der Waals surface area (Å²) in [5.74, 6) is -0.282. The first-order chi connectivity index (χ1) is 6.76. The van der Waals surface area contributed by atoms with Crippen molar-refractivity contribution >= 4 is 11.8 Å². The topological polar surface area (TPSA) is 58.2 Å².